The predicted molar refractivity (Wildman–Crippen MR) is 87.9 cm³/mol. The number of rotatable bonds is 2. The summed E-state index contributed by atoms with van der Waals surface area (Å²) in [4.78, 5) is 24.6. The van der Waals surface area contributed by atoms with Crippen molar-refractivity contribution in [3.05, 3.63) is 39.4 Å². The van der Waals surface area contributed by atoms with Crippen LogP contribution in [-0.2, 0) is 0 Å². The second-order valence-electron chi connectivity index (χ2n) is 5.69. The van der Waals surface area contributed by atoms with Gasteiger partial charge in [0.2, 0.25) is 0 Å². The Morgan fingerprint density at radius 1 is 1.41 bits per heavy atom. The van der Waals surface area contributed by atoms with Crippen LogP contribution in [0.15, 0.2) is 18.2 Å². The molecular weight excluding hydrogens is 302 g/mol. The average molecular weight is 321 g/mol. The summed E-state index contributed by atoms with van der Waals surface area (Å²) in [5.41, 5.74) is 0.699. The molecule has 0 bridgehead atoms. The molecule has 0 aromatic heterocycles. The lowest BCUT2D eigenvalue weighted by Gasteiger charge is -2.32. The SMILES string of the molecule is Cc1ccc(C(=O)NC(=S)N2CCC(C)CC2)cc1[N+](=O)[O-]. The molecular formula is C15H19N3O3S. The molecule has 0 radical (unpaired) electrons. The van der Waals surface area contributed by atoms with E-state index in [1.165, 1.54) is 6.07 Å². The highest BCUT2D eigenvalue weighted by molar-refractivity contribution is 7.80. The lowest BCUT2D eigenvalue weighted by atomic mass is 10.00. The van der Waals surface area contributed by atoms with Gasteiger partial charge in [0.15, 0.2) is 5.11 Å². The Kier molecular flexibility index (Phi) is 5.07. The molecule has 1 N–H and O–H groups in total. The van der Waals surface area contributed by atoms with Crippen molar-refractivity contribution in [2.45, 2.75) is 26.7 Å². The van der Waals surface area contributed by atoms with Gasteiger partial charge in [-0.1, -0.05) is 13.0 Å². The molecule has 118 valence electrons. The van der Waals surface area contributed by atoms with Crippen molar-refractivity contribution in [2.75, 3.05) is 13.1 Å². The summed E-state index contributed by atoms with van der Waals surface area (Å²) in [6, 6.07) is 4.42. The fourth-order valence-corrected chi connectivity index (χ4v) is 2.68. The summed E-state index contributed by atoms with van der Waals surface area (Å²) in [6.45, 7) is 5.49. The molecule has 22 heavy (non-hydrogen) atoms. The quantitative estimate of drug-likeness (QED) is 0.515. The molecule has 7 heteroatoms. The average Bonchev–Trinajstić information content (AvgIpc) is 2.47. The molecule has 1 amide bonds. The van der Waals surface area contributed by atoms with Gasteiger partial charge in [0.05, 0.1) is 4.92 Å². The number of likely N-dealkylation sites (tertiary alicyclic amines) is 1. The number of piperidine rings is 1. The normalized spacial score (nSPS) is 15.5. The number of nitrogens with zero attached hydrogens (tertiary/aromatic N) is 2. The summed E-state index contributed by atoms with van der Waals surface area (Å²) in [7, 11) is 0. The van der Waals surface area contributed by atoms with Gasteiger partial charge in [0.25, 0.3) is 11.6 Å². The van der Waals surface area contributed by atoms with E-state index in [2.05, 4.69) is 12.2 Å². The number of benzene rings is 1. The number of thiocarbonyl (C=S) groups is 1. The molecule has 1 aromatic carbocycles. The van der Waals surface area contributed by atoms with Crippen molar-refractivity contribution in [1.29, 1.82) is 0 Å². The van der Waals surface area contributed by atoms with Gasteiger partial charge in [0.1, 0.15) is 0 Å². The van der Waals surface area contributed by atoms with Crippen LogP contribution in [0.4, 0.5) is 5.69 Å². The van der Waals surface area contributed by atoms with Crippen LogP contribution in [0.1, 0.15) is 35.7 Å². The van der Waals surface area contributed by atoms with Gasteiger partial charge in [-0.3, -0.25) is 20.2 Å². The van der Waals surface area contributed by atoms with Gasteiger partial charge < -0.3 is 4.90 Å². The molecule has 2 rings (SSSR count). The second-order valence-corrected chi connectivity index (χ2v) is 6.07. The molecule has 6 nitrogen and oxygen atoms in total. The maximum atomic E-state index is 12.2. The van der Waals surface area contributed by atoms with Crippen molar-refractivity contribution < 1.29 is 9.72 Å². The summed E-state index contributed by atoms with van der Waals surface area (Å²) in [5, 5.41) is 14.0. The van der Waals surface area contributed by atoms with E-state index in [0.717, 1.165) is 25.9 Å². The van der Waals surface area contributed by atoms with Crippen LogP contribution in [0.3, 0.4) is 0 Å². The van der Waals surface area contributed by atoms with E-state index in [9.17, 15) is 14.9 Å². The van der Waals surface area contributed by atoms with Crippen LogP contribution < -0.4 is 5.32 Å². The minimum Gasteiger partial charge on any atom is -0.349 e. The predicted octanol–water partition coefficient (Wildman–Crippen LogP) is 2.65. The molecule has 0 aliphatic carbocycles. The number of hydrogen-bond donors (Lipinski definition) is 1. The van der Waals surface area contributed by atoms with Crippen LogP contribution in [0.2, 0.25) is 0 Å². The Hall–Kier alpha value is -2.02. The smallest absolute Gasteiger partial charge is 0.273 e. The Morgan fingerprint density at radius 3 is 2.64 bits per heavy atom. The molecule has 1 aliphatic rings. The van der Waals surface area contributed by atoms with Gasteiger partial charge in [-0.05, 0) is 44.0 Å². The number of hydrogen-bond acceptors (Lipinski definition) is 4. The van der Waals surface area contributed by atoms with Gasteiger partial charge in [0, 0.05) is 30.3 Å². The molecule has 1 aromatic rings. The van der Waals surface area contributed by atoms with Gasteiger partial charge in [-0.25, -0.2) is 0 Å². The molecule has 1 heterocycles. The van der Waals surface area contributed by atoms with E-state index in [1.54, 1.807) is 19.1 Å². The molecule has 0 atom stereocenters. The van der Waals surface area contributed by atoms with E-state index < -0.39 is 10.8 Å². The minimum atomic E-state index is -0.490. The first kappa shape index (κ1) is 16.4. The van der Waals surface area contributed by atoms with Crippen molar-refractivity contribution in [1.82, 2.24) is 10.2 Å². The van der Waals surface area contributed by atoms with Gasteiger partial charge >= 0.3 is 0 Å². The number of nitro benzene ring substituents is 1. The Morgan fingerprint density at radius 2 is 2.05 bits per heavy atom. The molecule has 0 unspecified atom stereocenters. The summed E-state index contributed by atoms with van der Waals surface area (Å²) in [6.07, 6.45) is 2.10. The van der Waals surface area contributed by atoms with Crippen LogP contribution >= 0.6 is 12.2 Å². The highest BCUT2D eigenvalue weighted by Gasteiger charge is 2.20. The van der Waals surface area contributed by atoms with Gasteiger partial charge in [-0.2, -0.15) is 0 Å². The van der Waals surface area contributed by atoms with Crippen molar-refractivity contribution in [3.8, 4) is 0 Å². The zero-order valence-corrected chi connectivity index (χ0v) is 13.5. The molecule has 1 aliphatic heterocycles. The molecule has 0 saturated carbocycles. The van der Waals surface area contributed by atoms with E-state index >= 15 is 0 Å². The Balaban J connectivity index is 2.04. The number of aryl methyl sites for hydroxylation is 1. The topological polar surface area (TPSA) is 75.5 Å². The third-order valence-electron chi connectivity index (χ3n) is 3.96. The fourth-order valence-electron chi connectivity index (χ4n) is 2.41. The van der Waals surface area contributed by atoms with Crippen molar-refractivity contribution in [3.63, 3.8) is 0 Å². The number of amides is 1. The first-order valence-corrected chi connectivity index (χ1v) is 7.64. The van der Waals surface area contributed by atoms with Crippen molar-refractivity contribution >= 4 is 28.9 Å². The van der Waals surface area contributed by atoms with E-state index in [4.69, 9.17) is 12.2 Å². The van der Waals surface area contributed by atoms with Gasteiger partial charge in [-0.15, -0.1) is 0 Å². The number of nitrogens with one attached hydrogen (secondary N) is 1. The van der Waals surface area contributed by atoms with Crippen molar-refractivity contribution in [2.24, 2.45) is 5.92 Å². The Bertz CT molecular complexity index is 610. The third kappa shape index (κ3) is 3.79. The molecule has 1 saturated heterocycles. The standard InChI is InChI=1S/C15H19N3O3S/c1-10-5-7-17(8-6-10)15(22)16-14(19)12-4-3-11(2)13(9-12)18(20)21/h3-4,9-10H,5-8H2,1-2H3,(H,16,19,22). The Labute approximate surface area is 134 Å². The lowest BCUT2D eigenvalue weighted by molar-refractivity contribution is -0.385. The number of carbonyl (C=O) groups excluding carboxylic acids is 1. The minimum absolute atomic E-state index is 0.0645. The lowest BCUT2D eigenvalue weighted by Crippen LogP contribution is -2.46. The second kappa shape index (κ2) is 6.83. The fraction of sp³-hybridized carbons (Fsp3) is 0.467. The van der Waals surface area contributed by atoms with E-state index in [1.807, 2.05) is 4.90 Å². The van der Waals surface area contributed by atoms with Crippen LogP contribution in [0.5, 0.6) is 0 Å². The molecule has 0 spiro atoms. The monoisotopic (exact) mass is 321 g/mol. The summed E-state index contributed by atoms with van der Waals surface area (Å²) < 4.78 is 0. The first-order valence-electron chi connectivity index (χ1n) is 7.23. The first-order chi connectivity index (χ1) is 10.4. The van der Waals surface area contributed by atoms with Crippen LogP contribution in [0.25, 0.3) is 0 Å². The maximum absolute atomic E-state index is 12.2. The zero-order chi connectivity index (χ0) is 16.3. The van der Waals surface area contributed by atoms with Crippen LogP contribution in [0, 0.1) is 23.0 Å². The summed E-state index contributed by atoms with van der Waals surface area (Å²) in [5.74, 6) is 0.265. The number of carbonyl (C=O) groups is 1. The third-order valence-corrected chi connectivity index (χ3v) is 4.32. The largest absolute Gasteiger partial charge is 0.349 e. The maximum Gasteiger partial charge on any atom is 0.273 e. The van der Waals surface area contributed by atoms with E-state index in [0.29, 0.717) is 16.6 Å². The molecule has 1 fully saturated rings. The highest BCUT2D eigenvalue weighted by Crippen LogP contribution is 2.19. The number of nitro groups is 1. The summed E-state index contributed by atoms with van der Waals surface area (Å²) >= 11 is 5.26. The van der Waals surface area contributed by atoms with Crippen LogP contribution in [-0.4, -0.2) is 33.9 Å². The zero-order valence-electron chi connectivity index (χ0n) is 12.7. The van der Waals surface area contributed by atoms with E-state index in [-0.39, 0.29) is 11.3 Å². The highest BCUT2D eigenvalue weighted by atomic mass is 32.1.